The zero-order chi connectivity index (χ0) is 15.4. The number of carboxylic acid groups (broad SMARTS) is 1. The van der Waals surface area contributed by atoms with Crippen LogP contribution in [0.1, 0.15) is 15.9 Å². The van der Waals surface area contributed by atoms with Gasteiger partial charge in [0.25, 0.3) is 5.69 Å². The molecule has 0 fully saturated rings. The highest BCUT2D eigenvalue weighted by Gasteiger charge is 2.08. The molecule has 0 radical (unpaired) electrons. The van der Waals surface area contributed by atoms with E-state index >= 15 is 0 Å². The number of nitro groups is 1. The first-order valence-electron chi connectivity index (χ1n) is 5.81. The van der Waals surface area contributed by atoms with Gasteiger partial charge < -0.3 is 10.2 Å². The first-order chi connectivity index (χ1) is 9.99. The highest BCUT2D eigenvalue weighted by Crippen LogP contribution is 2.25. The number of carboxylic acids is 1. The van der Waals surface area contributed by atoms with Gasteiger partial charge in [0.2, 0.25) is 0 Å². The van der Waals surface area contributed by atoms with Gasteiger partial charge in [0.05, 0.1) is 16.2 Å². The molecule has 2 rings (SSSR count). The number of rotatable bonds is 4. The van der Waals surface area contributed by atoms with Crippen molar-refractivity contribution in [2.24, 2.45) is 4.99 Å². The number of hydrogen-bond donors (Lipinski definition) is 1. The Kier molecular flexibility index (Phi) is 3.94. The van der Waals surface area contributed by atoms with E-state index in [4.69, 9.17) is 5.11 Å². The maximum Gasteiger partial charge on any atom is 0.335 e. The third kappa shape index (κ3) is 3.21. The molecule has 21 heavy (non-hydrogen) atoms. The Labute approximate surface area is 119 Å². The molecule has 2 aromatic rings. The highest BCUT2D eigenvalue weighted by molar-refractivity contribution is 5.89. The van der Waals surface area contributed by atoms with E-state index in [2.05, 4.69) is 4.99 Å². The fraction of sp³-hybridized carbons (Fsp3) is 0. The van der Waals surface area contributed by atoms with E-state index < -0.39 is 22.3 Å². The normalized spacial score (nSPS) is 10.7. The van der Waals surface area contributed by atoms with E-state index in [1.807, 2.05) is 0 Å². The summed E-state index contributed by atoms with van der Waals surface area (Å²) in [7, 11) is 0. The molecule has 0 aliphatic heterocycles. The molecule has 2 aromatic carbocycles. The van der Waals surface area contributed by atoms with E-state index in [0.717, 1.165) is 6.07 Å². The average molecular weight is 285 g/mol. The van der Waals surface area contributed by atoms with Crippen molar-refractivity contribution in [3.05, 3.63) is 63.7 Å². The van der Waals surface area contributed by atoms with Crippen molar-refractivity contribution in [2.75, 3.05) is 0 Å². The van der Waals surface area contributed by atoms with E-state index in [1.54, 1.807) is 0 Å². The van der Waals surface area contributed by atoms with Gasteiger partial charge in [-0.05, 0) is 35.6 Å². The van der Waals surface area contributed by atoms with Gasteiger partial charge in [0.15, 0.2) is 0 Å². The molecule has 1 N–H and O–H groups in total. The minimum atomic E-state index is -1.05. The van der Waals surface area contributed by atoms with Crippen LogP contribution < -0.4 is 5.11 Å². The number of nitro benzene ring substituents is 1. The largest absolute Gasteiger partial charge is 0.867 e. The number of hydrogen-bond acceptors (Lipinski definition) is 5. The number of nitrogens with zero attached hydrogens (tertiary/aromatic N) is 2. The molecule has 0 bridgehead atoms. The van der Waals surface area contributed by atoms with Gasteiger partial charge in [-0.15, -0.1) is 0 Å². The molecule has 106 valence electrons. The fourth-order valence-electron chi connectivity index (χ4n) is 1.62. The van der Waals surface area contributed by atoms with Crippen LogP contribution in [0.15, 0.2) is 47.5 Å². The monoisotopic (exact) mass is 285 g/mol. The highest BCUT2D eigenvalue weighted by atomic mass is 16.6. The number of para-hydroxylation sites is 1. The number of benzene rings is 2. The Balaban J connectivity index is 2.27. The van der Waals surface area contributed by atoms with Crippen molar-refractivity contribution in [3.8, 4) is 5.75 Å². The van der Waals surface area contributed by atoms with Gasteiger partial charge in [-0.3, -0.25) is 15.1 Å². The summed E-state index contributed by atoms with van der Waals surface area (Å²) < 4.78 is 0. The molecule has 0 unspecified atom stereocenters. The predicted octanol–water partition coefficient (Wildman–Crippen LogP) is 2.12. The van der Waals surface area contributed by atoms with Crippen molar-refractivity contribution in [1.82, 2.24) is 0 Å². The van der Waals surface area contributed by atoms with Crippen molar-refractivity contribution in [2.45, 2.75) is 0 Å². The molecule has 0 aromatic heterocycles. The number of carbonyl (C=O) groups is 1. The quantitative estimate of drug-likeness (QED) is 0.524. The molecule has 0 atom stereocenters. The average Bonchev–Trinajstić information content (AvgIpc) is 2.46. The smallest absolute Gasteiger partial charge is 0.335 e. The van der Waals surface area contributed by atoms with Crippen LogP contribution in [-0.2, 0) is 0 Å². The summed E-state index contributed by atoms with van der Waals surface area (Å²) in [6, 6.07) is 9.64. The first kappa shape index (κ1) is 14.2. The summed E-state index contributed by atoms with van der Waals surface area (Å²) >= 11 is 0. The second-order valence-corrected chi connectivity index (χ2v) is 4.06. The SMILES string of the molecule is O=C(O)c1ccc(N=Cc2cccc([N+](=O)[O-])c2[O-])cc1. The third-order valence-electron chi connectivity index (χ3n) is 2.69. The summed E-state index contributed by atoms with van der Waals surface area (Å²) in [6.07, 6.45) is 1.21. The van der Waals surface area contributed by atoms with Crippen LogP contribution in [0.5, 0.6) is 5.75 Å². The summed E-state index contributed by atoms with van der Waals surface area (Å²) in [4.78, 5) is 24.6. The van der Waals surface area contributed by atoms with Crippen LogP contribution in [0, 0.1) is 10.1 Å². The minimum Gasteiger partial charge on any atom is -0.867 e. The fourth-order valence-corrected chi connectivity index (χ4v) is 1.62. The van der Waals surface area contributed by atoms with Crippen LogP contribution in [0.3, 0.4) is 0 Å². The topological polar surface area (TPSA) is 116 Å². The summed E-state index contributed by atoms with van der Waals surface area (Å²) in [6.45, 7) is 0. The van der Waals surface area contributed by atoms with Crippen LogP contribution >= 0.6 is 0 Å². The van der Waals surface area contributed by atoms with Crippen LogP contribution in [-0.4, -0.2) is 22.2 Å². The Morgan fingerprint density at radius 3 is 2.43 bits per heavy atom. The van der Waals surface area contributed by atoms with E-state index in [9.17, 15) is 20.0 Å². The zero-order valence-corrected chi connectivity index (χ0v) is 10.6. The molecule has 0 heterocycles. The molecule has 0 amide bonds. The van der Waals surface area contributed by atoms with Crippen LogP contribution in [0.2, 0.25) is 0 Å². The number of aliphatic imine (C=N–C) groups is 1. The predicted molar refractivity (Wildman–Crippen MR) is 73.2 cm³/mol. The van der Waals surface area contributed by atoms with Crippen molar-refractivity contribution < 1.29 is 19.9 Å². The molecule has 7 heteroatoms. The zero-order valence-electron chi connectivity index (χ0n) is 10.6. The molecule has 0 aliphatic rings. The Morgan fingerprint density at radius 2 is 1.86 bits per heavy atom. The molecule has 0 saturated heterocycles. The standard InChI is InChI=1S/C14H10N2O5/c17-13-10(2-1-3-12(13)16(20)21)8-15-11-6-4-9(5-7-11)14(18)19/h1-8,17H,(H,18,19)/p-1. The van der Waals surface area contributed by atoms with Gasteiger partial charge in [-0.1, -0.05) is 12.1 Å². The molecule has 0 spiro atoms. The maximum atomic E-state index is 11.8. The van der Waals surface area contributed by atoms with E-state index in [0.29, 0.717) is 5.69 Å². The Bertz CT molecular complexity index is 723. The van der Waals surface area contributed by atoms with E-state index in [-0.39, 0.29) is 11.1 Å². The van der Waals surface area contributed by atoms with Gasteiger partial charge in [0.1, 0.15) is 0 Å². The molecule has 0 saturated carbocycles. The molecular formula is C14H9N2O5-. The van der Waals surface area contributed by atoms with E-state index in [1.165, 1.54) is 42.6 Å². The van der Waals surface area contributed by atoms with Crippen LogP contribution in [0.4, 0.5) is 11.4 Å². The molecular weight excluding hydrogens is 276 g/mol. The first-order valence-corrected chi connectivity index (χ1v) is 5.81. The van der Waals surface area contributed by atoms with Gasteiger partial charge in [0, 0.05) is 12.3 Å². The lowest BCUT2D eigenvalue weighted by atomic mass is 10.2. The van der Waals surface area contributed by atoms with Crippen molar-refractivity contribution >= 4 is 23.6 Å². The molecule has 0 aliphatic carbocycles. The Hall–Kier alpha value is -3.22. The lowest BCUT2D eigenvalue weighted by Crippen LogP contribution is -2.01. The molecule has 7 nitrogen and oxygen atoms in total. The summed E-state index contributed by atoms with van der Waals surface area (Å²) in [5.41, 5.74) is 0.131. The van der Waals surface area contributed by atoms with Gasteiger partial charge >= 0.3 is 5.97 Å². The summed E-state index contributed by atoms with van der Waals surface area (Å²) in [5, 5.41) is 31.2. The van der Waals surface area contributed by atoms with Crippen LogP contribution in [0.25, 0.3) is 0 Å². The second-order valence-electron chi connectivity index (χ2n) is 4.06. The lowest BCUT2D eigenvalue weighted by molar-refractivity contribution is -0.398. The second kappa shape index (κ2) is 5.83. The lowest BCUT2D eigenvalue weighted by Gasteiger charge is -2.09. The maximum absolute atomic E-state index is 11.8. The van der Waals surface area contributed by atoms with Gasteiger partial charge in [-0.2, -0.15) is 0 Å². The number of aromatic carboxylic acids is 1. The third-order valence-corrected chi connectivity index (χ3v) is 2.69. The Morgan fingerprint density at radius 1 is 1.19 bits per heavy atom. The summed E-state index contributed by atoms with van der Waals surface area (Å²) in [5.74, 6) is -1.76. The van der Waals surface area contributed by atoms with Crippen molar-refractivity contribution in [3.63, 3.8) is 0 Å². The minimum absolute atomic E-state index is 0.0894. The van der Waals surface area contributed by atoms with Crippen molar-refractivity contribution in [1.29, 1.82) is 0 Å². The van der Waals surface area contributed by atoms with Gasteiger partial charge in [-0.25, -0.2) is 4.79 Å².